The van der Waals surface area contributed by atoms with Crippen molar-refractivity contribution in [1.29, 1.82) is 0 Å². The molecule has 1 aliphatic heterocycles. The Morgan fingerprint density at radius 3 is 2.21 bits per heavy atom. The van der Waals surface area contributed by atoms with Crippen LogP contribution in [0, 0.1) is 0 Å². The second-order valence-corrected chi connectivity index (χ2v) is 8.38. The van der Waals surface area contributed by atoms with E-state index >= 15 is 0 Å². The van der Waals surface area contributed by atoms with Crippen LogP contribution in [0.25, 0.3) is 0 Å². The highest BCUT2D eigenvalue weighted by molar-refractivity contribution is 7.90. The molecule has 0 unspecified atom stereocenters. The van der Waals surface area contributed by atoms with E-state index in [1.165, 1.54) is 12.1 Å². The van der Waals surface area contributed by atoms with E-state index in [9.17, 15) is 13.2 Å². The Labute approximate surface area is 170 Å². The third-order valence-corrected chi connectivity index (χ3v) is 5.34. The monoisotopic (exact) mass is 426 g/mol. The number of sulfone groups is 1. The molecule has 152 valence electrons. The number of morpholine rings is 1. The van der Waals surface area contributed by atoms with Gasteiger partial charge in [0.15, 0.2) is 9.84 Å². The van der Waals surface area contributed by atoms with Crippen molar-refractivity contribution in [2.45, 2.75) is 24.0 Å². The molecule has 2 aromatic carbocycles. The summed E-state index contributed by atoms with van der Waals surface area (Å²) in [5, 5.41) is 6.00. The molecule has 0 bridgehead atoms. The van der Waals surface area contributed by atoms with Gasteiger partial charge in [-0.25, -0.2) is 8.42 Å². The zero-order chi connectivity index (χ0) is 19.4. The smallest absolute Gasteiger partial charge is 0.244 e. The number of benzene rings is 2. The Bertz CT molecular complexity index is 901. The van der Waals surface area contributed by atoms with Crippen LogP contribution in [-0.4, -0.2) is 45.9 Å². The molecule has 28 heavy (non-hydrogen) atoms. The van der Waals surface area contributed by atoms with Gasteiger partial charge in [0.1, 0.15) is 17.5 Å². The quantitative estimate of drug-likeness (QED) is 0.763. The van der Waals surface area contributed by atoms with Gasteiger partial charge in [0.25, 0.3) is 0 Å². The largest absolute Gasteiger partial charge is 0.457 e. The van der Waals surface area contributed by atoms with E-state index in [4.69, 9.17) is 9.47 Å². The lowest BCUT2D eigenvalue weighted by Gasteiger charge is -2.29. The SMILES string of the molecule is C[C@H]1OCCN[C@@H]1C(=O)Nc1ccc(Oc2ccc(S(C)(=O)=O)cc2)cc1.Cl. The van der Waals surface area contributed by atoms with Gasteiger partial charge in [-0.2, -0.15) is 0 Å². The fourth-order valence-corrected chi connectivity index (χ4v) is 3.38. The van der Waals surface area contributed by atoms with E-state index in [-0.39, 0.29) is 35.4 Å². The first-order chi connectivity index (χ1) is 12.8. The molecule has 1 aliphatic rings. The molecule has 7 nitrogen and oxygen atoms in total. The highest BCUT2D eigenvalue weighted by Gasteiger charge is 2.28. The average molecular weight is 427 g/mol. The van der Waals surface area contributed by atoms with Crippen LogP contribution in [-0.2, 0) is 19.4 Å². The summed E-state index contributed by atoms with van der Waals surface area (Å²) >= 11 is 0. The van der Waals surface area contributed by atoms with E-state index < -0.39 is 9.84 Å². The van der Waals surface area contributed by atoms with Gasteiger partial charge in [0.05, 0.1) is 17.6 Å². The van der Waals surface area contributed by atoms with Gasteiger partial charge >= 0.3 is 0 Å². The minimum Gasteiger partial charge on any atom is -0.457 e. The van der Waals surface area contributed by atoms with Gasteiger partial charge in [0.2, 0.25) is 5.91 Å². The van der Waals surface area contributed by atoms with Crippen molar-refractivity contribution in [2.75, 3.05) is 24.7 Å². The first-order valence-electron chi connectivity index (χ1n) is 8.57. The van der Waals surface area contributed by atoms with Gasteiger partial charge < -0.3 is 20.1 Å². The Kier molecular flexibility index (Phi) is 7.42. The molecular weight excluding hydrogens is 404 g/mol. The lowest BCUT2D eigenvalue weighted by atomic mass is 10.1. The summed E-state index contributed by atoms with van der Waals surface area (Å²) in [6.45, 7) is 3.11. The van der Waals surface area contributed by atoms with Gasteiger partial charge in [-0.1, -0.05) is 0 Å². The second kappa shape index (κ2) is 9.38. The molecule has 1 fully saturated rings. The van der Waals surface area contributed by atoms with Gasteiger partial charge in [-0.3, -0.25) is 4.79 Å². The van der Waals surface area contributed by atoms with Gasteiger partial charge in [-0.05, 0) is 55.5 Å². The van der Waals surface area contributed by atoms with E-state index in [2.05, 4.69) is 10.6 Å². The summed E-state index contributed by atoms with van der Waals surface area (Å²) in [5.41, 5.74) is 0.652. The topological polar surface area (TPSA) is 93.7 Å². The predicted octanol–water partition coefficient (Wildman–Crippen LogP) is 2.62. The van der Waals surface area contributed by atoms with Crippen LogP contribution in [0.1, 0.15) is 6.92 Å². The van der Waals surface area contributed by atoms with Crippen LogP contribution < -0.4 is 15.4 Å². The molecule has 0 radical (unpaired) electrons. The third kappa shape index (κ3) is 5.68. The number of ether oxygens (including phenoxy) is 2. The van der Waals surface area contributed by atoms with Gasteiger partial charge in [-0.15, -0.1) is 12.4 Å². The highest BCUT2D eigenvalue weighted by Crippen LogP contribution is 2.24. The van der Waals surface area contributed by atoms with Crippen LogP contribution >= 0.6 is 12.4 Å². The van der Waals surface area contributed by atoms with E-state index in [0.29, 0.717) is 30.3 Å². The number of carbonyl (C=O) groups is 1. The zero-order valence-corrected chi connectivity index (χ0v) is 17.2. The maximum atomic E-state index is 12.3. The molecule has 0 spiro atoms. The molecular formula is C19H23ClN2O5S. The normalized spacial score (nSPS) is 19.4. The number of hydrogen-bond acceptors (Lipinski definition) is 6. The van der Waals surface area contributed by atoms with E-state index in [1.807, 2.05) is 6.92 Å². The molecule has 3 rings (SSSR count). The summed E-state index contributed by atoms with van der Waals surface area (Å²) in [4.78, 5) is 12.6. The Balaban J connectivity index is 0.00000280. The molecule has 0 aliphatic carbocycles. The van der Waals surface area contributed by atoms with Crippen LogP contribution in [0.15, 0.2) is 53.4 Å². The van der Waals surface area contributed by atoms with Gasteiger partial charge in [0, 0.05) is 18.5 Å². The lowest BCUT2D eigenvalue weighted by molar-refractivity contribution is -0.123. The first-order valence-corrected chi connectivity index (χ1v) is 10.5. The minimum atomic E-state index is -3.23. The summed E-state index contributed by atoms with van der Waals surface area (Å²) in [6, 6.07) is 12.8. The summed E-state index contributed by atoms with van der Waals surface area (Å²) in [5.74, 6) is 0.955. The second-order valence-electron chi connectivity index (χ2n) is 6.37. The molecule has 2 atom stereocenters. The maximum Gasteiger partial charge on any atom is 0.244 e. The van der Waals surface area contributed by atoms with Crippen molar-refractivity contribution in [3.63, 3.8) is 0 Å². The summed E-state index contributed by atoms with van der Waals surface area (Å²) < 4.78 is 34.1. The molecule has 0 aromatic heterocycles. The molecule has 9 heteroatoms. The van der Waals surface area contributed by atoms with E-state index in [0.717, 1.165) is 6.26 Å². The Hall–Kier alpha value is -2.13. The molecule has 2 N–H and O–H groups in total. The Morgan fingerprint density at radius 1 is 1.11 bits per heavy atom. The zero-order valence-electron chi connectivity index (χ0n) is 15.5. The van der Waals surface area contributed by atoms with Crippen molar-refractivity contribution in [2.24, 2.45) is 0 Å². The summed E-state index contributed by atoms with van der Waals surface area (Å²) in [6.07, 6.45) is 0.974. The van der Waals surface area contributed by atoms with E-state index in [1.54, 1.807) is 36.4 Å². The van der Waals surface area contributed by atoms with Crippen LogP contribution in [0.3, 0.4) is 0 Å². The average Bonchev–Trinajstić information content (AvgIpc) is 2.63. The number of nitrogens with one attached hydrogen (secondary N) is 2. The summed E-state index contributed by atoms with van der Waals surface area (Å²) in [7, 11) is -3.23. The first kappa shape index (κ1) is 22.2. The van der Waals surface area contributed by atoms with Crippen molar-refractivity contribution in [3.05, 3.63) is 48.5 Å². The number of hydrogen-bond donors (Lipinski definition) is 2. The third-order valence-electron chi connectivity index (χ3n) is 4.21. The molecule has 1 saturated heterocycles. The minimum absolute atomic E-state index is 0. The Morgan fingerprint density at radius 2 is 1.68 bits per heavy atom. The van der Waals surface area contributed by atoms with Crippen molar-refractivity contribution < 1.29 is 22.7 Å². The van der Waals surface area contributed by atoms with Crippen molar-refractivity contribution >= 4 is 33.8 Å². The van der Waals surface area contributed by atoms with Crippen molar-refractivity contribution in [3.8, 4) is 11.5 Å². The number of anilines is 1. The standard InChI is InChI=1S/C19H22N2O5S.ClH/c1-13-18(20-11-12-25-13)19(22)21-14-3-5-15(6-4-14)26-16-7-9-17(10-8-16)27(2,23)24;/h3-10,13,18,20H,11-12H2,1-2H3,(H,21,22);1H/t13-,18+;/m1./s1. The number of halogens is 1. The number of carbonyl (C=O) groups excluding carboxylic acids is 1. The fraction of sp³-hybridized carbons (Fsp3) is 0.316. The fourth-order valence-electron chi connectivity index (χ4n) is 2.74. The van der Waals surface area contributed by atoms with Crippen LogP contribution in [0.2, 0.25) is 0 Å². The van der Waals surface area contributed by atoms with Crippen LogP contribution in [0.5, 0.6) is 11.5 Å². The molecule has 1 heterocycles. The highest BCUT2D eigenvalue weighted by atomic mass is 35.5. The van der Waals surface area contributed by atoms with Crippen molar-refractivity contribution in [1.82, 2.24) is 5.32 Å². The number of amides is 1. The molecule has 0 saturated carbocycles. The number of rotatable bonds is 5. The predicted molar refractivity (Wildman–Crippen MR) is 109 cm³/mol. The molecule has 1 amide bonds. The lowest BCUT2D eigenvalue weighted by Crippen LogP contribution is -2.53. The molecule has 2 aromatic rings. The van der Waals surface area contributed by atoms with Crippen LogP contribution in [0.4, 0.5) is 5.69 Å². The maximum absolute atomic E-state index is 12.3.